The van der Waals surface area contributed by atoms with Crippen molar-refractivity contribution in [3.05, 3.63) is 0 Å². The predicted molar refractivity (Wildman–Crippen MR) is 59.8 cm³/mol. The van der Waals surface area contributed by atoms with Crippen LogP contribution in [0.15, 0.2) is 0 Å². The first-order chi connectivity index (χ1) is 7.38. The van der Waals surface area contributed by atoms with Crippen LogP contribution < -0.4 is 5.32 Å². The highest BCUT2D eigenvalue weighted by molar-refractivity contribution is 4.81. The molecule has 0 aromatic heterocycles. The van der Waals surface area contributed by atoms with Gasteiger partial charge in [0, 0.05) is 25.3 Å². The van der Waals surface area contributed by atoms with Crippen LogP contribution in [0.4, 0.5) is 0 Å². The number of aliphatic hydroxyl groups is 1. The molecule has 3 heteroatoms. The van der Waals surface area contributed by atoms with E-state index in [1.807, 2.05) is 0 Å². The van der Waals surface area contributed by atoms with Crippen LogP contribution in [0, 0.1) is 5.92 Å². The number of ether oxygens (including phenoxy) is 1. The molecule has 2 N–H and O–H groups in total. The molecule has 1 heterocycles. The number of hydrogen-bond acceptors (Lipinski definition) is 3. The summed E-state index contributed by atoms with van der Waals surface area (Å²) in [5, 5.41) is 12.8. The van der Waals surface area contributed by atoms with Gasteiger partial charge >= 0.3 is 0 Å². The van der Waals surface area contributed by atoms with Crippen LogP contribution in [-0.4, -0.2) is 37.0 Å². The lowest BCUT2D eigenvalue weighted by Crippen LogP contribution is -2.44. The van der Waals surface area contributed by atoms with Crippen molar-refractivity contribution in [3.63, 3.8) is 0 Å². The van der Waals surface area contributed by atoms with Gasteiger partial charge in [-0.15, -0.1) is 0 Å². The van der Waals surface area contributed by atoms with Crippen molar-refractivity contribution in [3.8, 4) is 0 Å². The normalized spacial score (nSPS) is 37.8. The molecule has 0 amide bonds. The highest BCUT2D eigenvalue weighted by Gasteiger charge is 2.23. The second kappa shape index (κ2) is 5.83. The highest BCUT2D eigenvalue weighted by Crippen LogP contribution is 2.24. The molecule has 0 radical (unpaired) electrons. The van der Waals surface area contributed by atoms with E-state index in [1.54, 1.807) is 0 Å². The van der Waals surface area contributed by atoms with Gasteiger partial charge in [-0.3, -0.25) is 0 Å². The SMILES string of the molecule is OCC1CCC(NC2CCCOC2)CC1. The molecular weight excluding hydrogens is 190 g/mol. The van der Waals surface area contributed by atoms with Crippen LogP contribution in [0.5, 0.6) is 0 Å². The molecule has 88 valence electrons. The van der Waals surface area contributed by atoms with Gasteiger partial charge in [0.05, 0.1) is 6.61 Å². The van der Waals surface area contributed by atoms with Crippen molar-refractivity contribution in [2.24, 2.45) is 5.92 Å². The Labute approximate surface area is 92.2 Å². The van der Waals surface area contributed by atoms with E-state index in [2.05, 4.69) is 5.32 Å². The second-order valence-electron chi connectivity index (χ2n) is 4.98. The van der Waals surface area contributed by atoms with Gasteiger partial charge in [-0.05, 0) is 44.4 Å². The van der Waals surface area contributed by atoms with Gasteiger partial charge in [-0.25, -0.2) is 0 Å². The average Bonchev–Trinajstić information content (AvgIpc) is 2.31. The Hall–Kier alpha value is -0.120. The lowest BCUT2D eigenvalue weighted by Gasteiger charge is -2.33. The van der Waals surface area contributed by atoms with Crippen LogP contribution in [0.3, 0.4) is 0 Å². The van der Waals surface area contributed by atoms with E-state index in [0.717, 1.165) is 13.2 Å². The fourth-order valence-electron chi connectivity index (χ4n) is 2.72. The molecule has 0 spiro atoms. The summed E-state index contributed by atoms with van der Waals surface area (Å²) in [5.41, 5.74) is 0. The van der Waals surface area contributed by atoms with Crippen LogP contribution in [-0.2, 0) is 4.74 Å². The highest BCUT2D eigenvalue weighted by atomic mass is 16.5. The zero-order chi connectivity index (χ0) is 10.5. The monoisotopic (exact) mass is 213 g/mol. The summed E-state index contributed by atoms with van der Waals surface area (Å²) < 4.78 is 5.46. The molecule has 3 nitrogen and oxygen atoms in total. The van der Waals surface area contributed by atoms with Crippen molar-refractivity contribution in [2.45, 2.75) is 50.6 Å². The third kappa shape index (κ3) is 3.44. The maximum absolute atomic E-state index is 9.06. The Morgan fingerprint density at radius 3 is 2.47 bits per heavy atom. The molecule has 1 saturated carbocycles. The lowest BCUT2D eigenvalue weighted by atomic mass is 9.86. The third-order valence-electron chi connectivity index (χ3n) is 3.74. The zero-order valence-electron chi connectivity index (χ0n) is 9.45. The van der Waals surface area contributed by atoms with E-state index < -0.39 is 0 Å². The predicted octanol–water partition coefficient (Wildman–Crippen LogP) is 1.31. The molecule has 0 aromatic rings. The van der Waals surface area contributed by atoms with Gasteiger partial charge in [0.15, 0.2) is 0 Å². The van der Waals surface area contributed by atoms with Gasteiger partial charge < -0.3 is 15.2 Å². The van der Waals surface area contributed by atoms with Crippen LogP contribution >= 0.6 is 0 Å². The molecule has 2 aliphatic rings. The summed E-state index contributed by atoms with van der Waals surface area (Å²) in [7, 11) is 0. The molecule has 1 saturated heterocycles. The van der Waals surface area contributed by atoms with Crippen molar-refractivity contribution in [1.29, 1.82) is 0 Å². The molecule has 1 unspecified atom stereocenters. The quantitative estimate of drug-likeness (QED) is 0.742. The average molecular weight is 213 g/mol. The van der Waals surface area contributed by atoms with Crippen LogP contribution in [0.1, 0.15) is 38.5 Å². The maximum atomic E-state index is 9.06. The van der Waals surface area contributed by atoms with Gasteiger partial charge in [0.1, 0.15) is 0 Å². The van der Waals surface area contributed by atoms with Gasteiger partial charge in [0.2, 0.25) is 0 Å². The molecule has 0 bridgehead atoms. The molecule has 1 aliphatic heterocycles. The minimum atomic E-state index is 0.374. The summed E-state index contributed by atoms with van der Waals surface area (Å²) in [4.78, 5) is 0. The summed E-state index contributed by atoms with van der Waals surface area (Å²) in [6, 6.07) is 1.24. The fraction of sp³-hybridized carbons (Fsp3) is 1.00. The van der Waals surface area contributed by atoms with E-state index in [1.165, 1.54) is 38.5 Å². The first-order valence-electron chi connectivity index (χ1n) is 6.33. The number of aliphatic hydroxyl groups excluding tert-OH is 1. The number of hydrogen-bond donors (Lipinski definition) is 2. The molecule has 1 aliphatic carbocycles. The van der Waals surface area contributed by atoms with Crippen LogP contribution in [0.25, 0.3) is 0 Å². The van der Waals surface area contributed by atoms with E-state index in [4.69, 9.17) is 9.84 Å². The molecule has 2 rings (SSSR count). The van der Waals surface area contributed by atoms with Crippen molar-refractivity contribution >= 4 is 0 Å². The Balaban J connectivity index is 1.67. The summed E-state index contributed by atoms with van der Waals surface area (Å²) in [6.07, 6.45) is 7.27. The molecule has 1 atom stereocenters. The summed E-state index contributed by atoms with van der Waals surface area (Å²) in [6.45, 7) is 2.20. The van der Waals surface area contributed by atoms with Crippen molar-refractivity contribution in [2.75, 3.05) is 19.8 Å². The first-order valence-corrected chi connectivity index (χ1v) is 6.33. The topological polar surface area (TPSA) is 41.5 Å². The van der Waals surface area contributed by atoms with E-state index in [-0.39, 0.29) is 0 Å². The fourth-order valence-corrected chi connectivity index (χ4v) is 2.72. The standard InChI is InChI=1S/C12H23NO2/c14-8-10-3-5-11(6-4-10)13-12-2-1-7-15-9-12/h10-14H,1-9H2. The molecule has 0 aromatic carbocycles. The van der Waals surface area contributed by atoms with E-state index in [0.29, 0.717) is 24.6 Å². The number of nitrogens with one attached hydrogen (secondary N) is 1. The second-order valence-corrected chi connectivity index (χ2v) is 4.98. The Kier molecular flexibility index (Phi) is 4.42. The third-order valence-corrected chi connectivity index (χ3v) is 3.74. The minimum Gasteiger partial charge on any atom is -0.396 e. The van der Waals surface area contributed by atoms with Gasteiger partial charge in [0.25, 0.3) is 0 Å². The maximum Gasteiger partial charge on any atom is 0.0619 e. The van der Waals surface area contributed by atoms with Gasteiger partial charge in [-0.2, -0.15) is 0 Å². The van der Waals surface area contributed by atoms with Gasteiger partial charge in [-0.1, -0.05) is 0 Å². The first kappa shape index (κ1) is 11.4. The molecule has 15 heavy (non-hydrogen) atoms. The largest absolute Gasteiger partial charge is 0.396 e. The van der Waals surface area contributed by atoms with E-state index in [9.17, 15) is 0 Å². The Morgan fingerprint density at radius 1 is 1.07 bits per heavy atom. The lowest BCUT2D eigenvalue weighted by molar-refractivity contribution is 0.0618. The zero-order valence-corrected chi connectivity index (χ0v) is 9.45. The number of rotatable bonds is 3. The van der Waals surface area contributed by atoms with Crippen molar-refractivity contribution in [1.82, 2.24) is 5.32 Å². The Bertz CT molecular complexity index is 172. The van der Waals surface area contributed by atoms with Crippen LogP contribution in [0.2, 0.25) is 0 Å². The smallest absolute Gasteiger partial charge is 0.0619 e. The van der Waals surface area contributed by atoms with Crippen molar-refractivity contribution < 1.29 is 9.84 Å². The molecular formula is C12H23NO2. The summed E-state index contributed by atoms with van der Waals surface area (Å²) >= 11 is 0. The Morgan fingerprint density at radius 2 is 1.87 bits per heavy atom. The molecule has 2 fully saturated rings. The van der Waals surface area contributed by atoms with E-state index >= 15 is 0 Å². The minimum absolute atomic E-state index is 0.374. The summed E-state index contributed by atoms with van der Waals surface area (Å²) in [5.74, 6) is 0.561.